The Labute approximate surface area is 120 Å². The lowest BCUT2D eigenvalue weighted by molar-refractivity contribution is 0.102. The van der Waals surface area contributed by atoms with Crippen LogP contribution in [0.1, 0.15) is 10.4 Å². The molecule has 1 aromatic carbocycles. The molecule has 0 atom stereocenters. The SMILES string of the molecule is COc1ccc2[nH]c(-c3ccco3)c(C(=O)CCl)c2c1. The van der Waals surface area contributed by atoms with Gasteiger partial charge in [0.2, 0.25) is 0 Å². The van der Waals surface area contributed by atoms with Crippen molar-refractivity contribution in [2.75, 3.05) is 13.0 Å². The number of benzene rings is 1. The number of hydrogen-bond acceptors (Lipinski definition) is 3. The van der Waals surface area contributed by atoms with E-state index in [9.17, 15) is 4.79 Å². The highest BCUT2D eigenvalue weighted by Gasteiger charge is 2.20. The van der Waals surface area contributed by atoms with E-state index in [-0.39, 0.29) is 11.7 Å². The van der Waals surface area contributed by atoms with Crippen molar-refractivity contribution >= 4 is 28.3 Å². The second kappa shape index (κ2) is 5.06. The number of H-pyrrole nitrogens is 1. The Morgan fingerprint density at radius 2 is 2.25 bits per heavy atom. The molecule has 2 heterocycles. The number of Topliss-reactive ketones (excluding diaryl/α,β-unsaturated/α-hetero) is 1. The van der Waals surface area contributed by atoms with Gasteiger partial charge in [-0.25, -0.2) is 0 Å². The van der Waals surface area contributed by atoms with Gasteiger partial charge in [0.05, 0.1) is 30.5 Å². The van der Waals surface area contributed by atoms with Gasteiger partial charge >= 0.3 is 0 Å². The summed E-state index contributed by atoms with van der Waals surface area (Å²) in [6, 6.07) is 9.09. The van der Waals surface area contributed by atoms with Crippen LogP contribution in [0.2, 0.25) is 0 Å². The zero-order valence-electron chi connectivity index (χ0n) is 10.8. The molecule has 0 radical (unpaired) electrons. The van der Waals surface area contributed by atoms with Crippen molar-refractivity contribution in [2.24, 2.45) is 0 Å². The van der Waals surface area contributed by atoms with Gasteiger partial charge in [0, 0.05) is 10.9 Å². The minimum absolute atomic E-state index is 0.0854. The average molecular weight is 290 g/mol. The number of fused-ring (bicyclic) bond motifs is 1. The second-order valence-electron chi connectivity index (χ2n) is 4.32. The number of carbonyl (C=O) groups is 1. The van der Waals surface area contributed by atoms with E-state index >= 15 is 0 Å². The maximum Gasteiger partial charge on any atom is 0.180 e. The predicted molar refractivity (Wildman–Crippen MR) is 77.6 cm³/mol. The summed E-state index contributed by atoms with van der Waals surface area (Å²) < 4.78 is 10.6. The van der Waals surface area contributed by atoms with Gasteiger partial charge in [-0.2, -0.15) is 0 Å². The highest BCUT2D eigenvalue weighted by atomic mass is 35.5. The lowest BCUT2D eigenvalue weighted by Crippen LogP contribution is -2.01. The molecular formula is C15H12ClNO3. The van der Waals surface area contributed by atoms with E-state index in [4.69, 9.17) is 20.8 Å². The first-order chi connectivity index (χ1) is 9.74. The van der Waals surface area contributed by atoms with E-state index in [1.54, 1.807) is 25.5 Å². The van der Waals surface area contributed by atoms with Gasteiger partial charge in [-0.05, 0) is 30.3 Å². The Balaban J connectivity index is 2.31. The number of hydrogen-bond donors (Lipinski definition) is 1. The number of ether oxygens (including phenoxy) is 1. The number of halogens is 1. The summed E-state index contributed by atoms with van der Waals surface area (Å²) >= 11 is 5.73. The van der Waals surface area contributed by atoms with E-state index in [1.807, 2.05) is 18.2 Å². The molecule has 20 heavy (non-hydrogen) atoms. The Kier molecular flexibility index (Phi) is 3.24. The van der Waals surface area contributed by atoms with Crippen molar-refractivity contribution in [3.63, 3.8) is 0 Å². The van der Waals surface area contributed by atoms with Crippen LogP contribution in [-0.2, 0) is 0 Å². The molecule has 0 spiro atoms. The first kappa shape index (κ1) is 12.8. The van der Waals surface area contributed by atoms with Gasteiger partial charge in [0.1, 0.15) is 5.75 Å². The molecule has 2 aromatic heterocycles. The molecule has 102 valence electrons. The van der Waals surface area contributed by atoms with E-state index in [0.29, 0.717) is 22.8 Å². The first-order valence-electron chi connectivity index (χ1n) is 6.07. The van der Waals surface area contributed by atoms with E-state index in [1.165, 1.54) is 0 Å². The minimum atomic E-state index is -0.155. The Hall–Kier alpha value is -2.20. The maximum absolute atomic E-state index is 12.2. The third-order valence-electron chi connectivity index (χ3n) is 3.17. The summed E-state index contributed by atoms with van der Waals surface area (Å²) in [5, 5.41) is 0.779. The lowest BCUT2D eigenvalue weighted by atomic mass is 10.1. The molecule has 0 aliphatic heterocycles. The zero-order valence-corrected chi connectivity index (χ0v) is 11.5. The highest BCUT2D eigenvalue weighted by molar-refractivity contribution is 6.33. The fourth-order valence-corrected chi connectivity index (χ4v) is 2.39. The van der Waals surface area contributed by atoms with Gasteiger partial charge in [-0.3, -0.25) is 4.79 Å². The fraction of sp³-hybridized carbons (Fsp3) is 0.133. The van der Waals surface area contributed by atoms with Gasteiger partial charge in [-0.1, -0.05) is 0 Å². The summed E-state index contributed by atoms with van der Waals surface area (Å²) in [6.07, 6.45) is 1.57. The zero-order chi connectivity index (χ0) is 14.1. The molecule has 0 unspecified atom stereocenters. The average Bonchev–Trinajstić information content (AvgIpc) is 3.12. The number of alkyl halides is 1. The molecule has 0 amide bonds. The molecule has 0 aliphatic rings. The fourth-order valence-electron chi connectivity index (χ4n) is 2.26. The number of carbonyl (C=O) groups excluding carboxylic acids is 1. The summed E-state index contributed by atoms with van der Waals surface area (Å²) in [7, 11) is 1.59. The smallest absolute Gasteiger partial charge is 0.180 e. The van der Waals surface area contributed by atoms with Crippen LogP contribution >= 0.6 is 11.6 Å². The Morgan fingerprint density at radius 1 is 1.40 bits per heavy atom. The summed E-state index contributed by atoms with van der Waals surface area (Å²) in [5.41, 5.74) is 2.01. The van der Waals surface area contributed by atoms with Crippen molar-refractivity contribution in [1.29, 1.82) is 0 Å². The number of methoxy groups -OCH3 is 1. The Morgan fingerprint density at radius 3 is 2.90 bits per heavy atom. The summed E-state index contributed by atoms with van der Waals surface area (Å²) in [5.74, 6) is 1.05. The highest BCUT2D eigenvalue weighted by Crippen LogP contribution is 2.33. The number of ketones is 1. The van der Waals surface area contributed by atoms with Crippen LogP contribution in [0, 0.1) is 0 Å². The second-order valence-corrected chi connectivity index (χ2v) is 4.59. The van der Waals surface area contributed by atoms with Crippen molar-refractivity contribution in [1.82, 2.24) is 4.98 Å². The summed E-state index contributed by atoms with van der Waals surface area (Å²) in [4.78, 5) is 15.4. The molecule has 0 aliphatic carbocycles. The van der Waals surface area contributed by atoms with Crippen LogP contribution < -0.4 is 4.74 Å². The van der Waals surface area contributed by atoms with Crippen LogP contribution in [0.5, 0.6) is 5.75 Å². The van der Waals surface area contributed by atoms with Crippen molar-refractivity contribution in [3.05, 3.63) is 42.2 Å². The third-order valence-corrected chi connectivity index (χ3v) is 3.42. The van der Waals surface area contributed by atoms with Crippen molar-refractivity contribution in [2.45, 2.75) is 0 Å². The summed E-state index contributed by atoms with van der Waals surface area (Å²) in [6.45, 7) is 0. The largest absolute Gasteiger partial charge is 0.497 e. The molecule has 0 saturated heterocycles. The topological polar surface area (TPSA) is 55.2 Å². The van der Waals surface area contributed by atoms with Crippen LogP contribution in [-0.4, -0.2) is 23.8 Å². The quantitative estimate of drug-likeness (QED) is 0.586. The molecule has 1 N–H and O–H groups in total. The van der Waals surface area contributed by atoms with Crippen LogP contribution in [0.4, 0.5) is 0 Å². The van der Waals surface area contributed by atoms with Gasteiger partial charge in [0.25, 0.3) is 0 Å². The van der Waals surface area contributed by atoms with Crippen LogP contribution in [0.25, 0.3) is 22.4 Å². The van der Waals surface area contributed by atoms with E-state index in [0.717, 1.165) is 10.9 Å². The number of furan rings is 1. The number of aromatic amines is 1. The molecule has 3 aromatic rings. The van der Waals surface area contributed by atoms with Crippen molar-refractivity contribution in [3.8, 4) is 17.2 Å². The van der Waals surface area contributed by atoms with Crippen LogP contribution in [0.15, 0.2) is 41.0 Å². The van der Waals surface area contributed by atoms with Crippen molar-refractivity contribution < 1.29 is 13.9 Å². The molecule has 0 saturated carbocycles. The first-order valence-corrected chi connectivity index (χ1v) is 6.61. The standard InChI is InChI=1S/C15H12ClNO3/c1-19-9-4-5-11-10(7-9)14(12(18)8-16)15(17-11)13-3-2-6-20-13/h2-7,17H,8H2,1H3. The maximum atomic E-state index is 12.2. The van der Waals surface area contributed by atoms with Gasteiger partial charge in [0.15, 0.2) is 11.5 Å². The van der Waals surface area contributed by atoms with Gasteiger partial charge < -0.3 is 14.1 Å². The number of rotatable bonds is 4. The number of nitrogens with one attached hydrogen (secondary N) is 1. The molecule has 0 bridgehead atoms. The molecule has 0 fully saturated rings. The molecule has 3 rings (SSSR count). The normalized spacial score (nSPS) is 10.9. The lowest BCUT2D eigenvalue weighted by Gasteiger charge is -2.01. The Bertz CT molecular complexity index is 759. The molecular weight excluding hydrogens is 278 g/mol. The third kappa shape index (κ3) is 1.98. The minimum Gasteiger partial charge on any atom is -0.497 e. The molecule has 5 heteroatoms. The molecule has 4 nitrogen and oxygen atoms in total. The van der Waals surface area contributed by atoms with Crippen LogP contribution in [0.3, 0.4) is 0 Å². The van der Waals surface area contributed by atoms with E-state index < -0.39 is 0 Å². The number of aromatic nitrogens is 1. The van der Waals surface area contributed by atoms with Gasteiger partial charge in [-0.15, -0.1) is 11.6 Å². The van der Waals surface area contributed by atoms with E-state index in [2.05, 4.69) is 4.98 Å². The predicted octanol–water partition coefficient (Wildman–Crippen LogP) is 3.86. The monoisotopic (exact) mass is 289 g/mol.